The third-order valence-electron chi connectivity index (χ3n) is 5.26. The molecular weight excluding hydrogens is 444 g/mol. The van der Waals surface area contributed by atoms with Gasteiger partial charge in [-0.3, -0.25) is 0 Å². The van der Waals surface area contributed by atoms with E-state index >= 15 is 0 Å². The fourth-order valence-corrected chi connectivity index (χ4v) is 3.94. The van der Waals surface area contributed by atoms with Crippen LogP contribution >= 0.6 is 11.6 Å². The number of esters is 1. The lowest BCUT2D eigenvalue weighted by molar-refractivity contribution is -0.139. The summed E-state index contributed by atoms with van der Waals surface area (Å²) >= 11 is 6.03. The average molecular weight is 469 g/mol. The predicted octanol–water partition coefficient (Wildman–Crippen LogP) is 4.88. The van der Waals surface area contributed by atoms with Gasteiger partial charge in [0.1, 0.15) is 35.5 Å². The van der Waals surface area contributed by atoms with Gasteiger partial charge in [0, 0.05) is 10.6 Å². The van der Waals surface area contributed by atoms with E-state index in [4.69, 9.17) is 36.3 Å². The van der Waals surface area contributed by atoms with Crippen molar-refractivity contribution in [2.45, 2.75) is 33.3 Å². The van der Waals surface area contributed by atoms with E-state index in [1.54, 1.807) is 45.2 Å². The zero-order chi connectivity index (χ0) is 24.1. The maximum Gasteiger partial charge on any atom is 0.338 e. The Morgan fingerprint density at radius 2 is 1.94 bits per heavy atom. The van der Waals surface area contributed by atoms with Crippen LogP contribution in [-0.2, 0) is 20.9 Å². The van der Waals surface area contributed by atoms with Gasteiger partial charge in [0.05, 0.1) is 25.2 Å². The highest BCUT2D eigenvalue weighted by Crippen LogP contribution is 2.41. The number of methoxy groups -OCH3 is 1. The number of nitrogens with zero attached hydrogens (tertiary/aromatic N) is 1. The summed E-state index contributed by atoms with van der Waals surface area (Å²) < 4.78 is 22.2. The number of rotatable bonds is 7. The first-order valence-corrected chi connectivity index (χ1v) is 10.7. The molecule has 2 aromatic rings. The van der Waals surface area contributed by atoms with Crippen LogP contribution in [0.15, 0.2) is 59.2 Å². The van der Waals surface area contributed by atoms with E-state index in [9.17, 15) is 10.1 Å². The van der Waals surface area contributed by atoms with Gasteiger partial charge in [0.2, 0.25) is 5.88 Å². The monoisotopic (exact) mass is 468 g/mol. The van der Waals surface area contributed by atoms with E-state index in [0.717, 1.165) is 11.1 Å². The molecule has 0 saturated carbocycles. The number of carbonyl (C=O) groups excluding carboxylic acids is 1. The van der Waals surface area contributed by atoms with Crippen LogP contribution in [0.3, 0.4) is 0 Å². The normalized spacial score (nSPS) is 15.6. The first kappa shape index (κ1) is 24.0. The molecule has 1 heterocycles. The molecule has 2 N–H and O–H groups in total. The summed E-state index contributed by atoms with van der Waals surface area (Å²) in [5.41, 5.74) is 8.64. The summed E-state index contributed by atoms with van der Waals surface area (Å²) in [6, 6.07) is 12.8. The molecule has 0 saturated heterocycles. The van der Waals surface area contributed by atoms with Gasteiger partial charge in [-0.1, -0.05) is 17.7 Å². The minimum absolute atomic E-state index is 0.0431. The zero-order valence-corrected chi connectivity index (χ0v) is 19.7. The molecule has 2 aromatic carbocycles. The highest BCUT2D eigenvalue weighted by molar-refractivity contribution is 6.30. The average Bonchev–Trinajstić information content (AvgIpc) is 2.78. The Morgan fingerprint density at radius 1 is 1.21 bits per heavy atom. The Labute approximate surface area is 197 Å². The van der Waals surface area contributed by atoms with Crippen molar-refractivity contribution in [1.82, 2.24) is 0 Å². The van der Waals surface area contributed by atoms with Crippen molar-refractivity contribution in [3.05, 3.63) is 80.9 Å². The number of carbonyl (C=O) groups is 1. The van der Waals surface area contributed by atoms with Crippen LogP contribution in [0.5, 0.6) is 11.5 Å². The molecule has 0 aliphatic carbocycles. The predicted molar refractivity (Wildman–Crippen MR) is 124 cm³/mol. The van der Waals surface area contributed by atoms with E-state index in [1.165, 1.54) is 0 Å². The van der Waals surface area contributed by atoms with Crippen LogP contribution in [0.1, 0.15) is 36.5 Å². The number of allylic oxidation sites excluding steroid dienone is 2. The lowest BCUT2D eigenvalue weighted by Gasteiger charge is -2.27. The lowest BCUT2D eigenvalue weighted by Crippen LogP contribution is -2.25. The summed E-state index contributed by atoms with van der Waals surface area (Å²) in [4.78, 5) is 12.8. The fraction of sp³-hybridized carbons (Fsp3) is 0.280. The molecule has 1 aliphatic heterocycles. The molecule has 0 fully saturated rings. The molecular formula is C25H25ClN2O5. The molecule has 1 atom stereocenters. The molecule has 0 radical (unpaired) electrons. The fourth-order valence-electron chi connectivity index (χ4n) is 3.71. The number of halogens is 1. The molecule has 7 nitrogen and oxygen atoms in total. The van der Waals surface area contributed by atoms with Crippen molar-refractivity contribution in [3.8, 4) is 17.6 Å². The van der Waals surface area contributed by atoms with Crippen LogP contribution in [-0.4, -0.2) is 19.7 Å². The van der Waals surface area contributed by atoms with Crippen molar-refractivity contribution in [2.24, 2.45) is 5.73 Å². The molecule has 33 heavy (non-hydrogen) atoms. The zero-order valence-electron chi connectivity index (χ0n) is 18.9. The largest absolute Gasteiger partial charge is 0.496 e. The number of nitrogens with two attached hydrogens (primary N) is 1. The molecule has 3 rings (SSSR count). The number of hydrogen-bond donors (Lipinski definition) is 1. The van der Waals surface area contributed by atoms with Crippen molar-refractivity contribution in [3.63, 3.8) is 0 Å². The van der Waals surface area contributed by atoms with Crippen LogP contribution in [0.25, 0.3) is 0 Å². The summed E-state index contributed by atoms with van der Waals surface area (Å²) in [7, 11) is 1.56. The highest BCUT2D eigenvalue weighted by atomic mass is 35.5. The minimum atomic E-state index is -0.746. The Morgan fingerprint density at radius 3 is 2.58 bits per heavy atom. The molecule has 8 heteroatoms. The second-order valence-electron chi connectivity index (χ2n) is 7.38. The Kier molecular flexibility index (Phi) is 7.52. The standard InChI is InChI=1S/C25H25ClN2O5/c1-5-31-25(29)22-15(3)33-24(28)19(12-27)23(22)16-6-8-21(30-4)17(11-16)13-32-20-9-7-18(26)10-14(20)2/h6-11,23H,5,13,28H2,1-4H3. The molecule has 1 aliphatic rings. The van der Waals surface area contributed by atoms with Crippen molar-refractivity contribution in [2.75, 3.05) is 13.7 Å². The highest BCUT2D eigenvalue weighted by Gasteiger charge is 2.36. The summed E-state index contributed by atoms with van der Waals surface area (Å²) in [5, 5.41) is 10.4. The maximum atomic E-state index is 12.8. The van der Waals surface area contributed by atoms with Gasteiger partial charge in [-0.05, 0) is 62.2 Å². The van der Waals surface area contributed by atoms with Crippen molar-refractivity contribution < 1.29 is 23.7 Å². The third-order valence-corrected chi connectivity index (χ3v) is 5.49. The van der Waals surface area contributed by atoms with Crippen molar-refractivity contribution in [1.29, 1.82) is 5.26 Å². The van der Waals surface area contributed by atoms with E-state index in [0.29, 0.717) is 27.8 Å². The van der Waals surface area contributed by atoms with Gasteiger partial charge in [0.25, 0.3) is 0 Å². The Bertz CT molecular complexity index is 1180. The molecule has 0 spiro atoms. The molecule has 172 valence electrons. The maximum absolute atomic E-state index is 12.8. The van der Waals surface area contributed by atoms with E-state index in [2.05, 4.69) is 6.07 Å². The van der Waals surface area contributed by atoms with Crippen LogP contribution in [0.4, 0.5) is 0 Å². The summed E-state index contributed by atoms with van der Waals surface area (Å²) in [5.74, 6) is 0.225. The number of benzene rings is 2. The van der Waals surface area contributed by atoms with Gasteiger partial charge in [-0.25, -0.2) is 4.79 Å². The second-order valence-corrected chi connectivity index (χ2v) is 7.82. The summed E-state index contributed by atoms with van der Waals surface area (Å²) in [6.45, 7) is 5.62. The molecule has 0 aromatic heterocycles. The first-order valence-electron chi connectivity index (χ1n) is 10.3. The molecule has 0 bridgehead atoms. The van der Waals surface area contributed by atoms with Crippen LogP contribution < -0.4 is 15.2 Å². The smallest absolute Gasteiger partial charge is 0.338 e. The van der Waals surface area contributed by atoms with Gasteiger partial charge in [0.15, 0.2) is 0 Å². The number of aryl methyl sites for hydroxylation is 1. The number of hydrogen-bond acceptors (Lipinski definition) is 7. The summed E-state index contributed by atoms with van der Waals surface area (Å²) in [6.07, 6.45) is 0. The quantitative estimate of drug-likeness (QED) is 0.577. The van der Waals surface area contributed by atoms with E-state index in [1.807, 2.05) is 19.1 Å². The van der Waals surface area contributed by atoms with E-state index in [-0.39, 0.29) is 30.2 Å². The van der Waals surface area contributed by atoms with Gasteiger partial charge in [-0.15, -0.1) is 0 Å². The molecule has 0 amide bonds. The van der Waals surface area contributed by atoms with Gasteiger partial charge >= 0.3 is 5.97 Å². The number of ether oxygens (including phenoxy) is 4. The Balaban J connectivity index is 2.03. The molecule has 1 unspecified atom stereocenters. The van der Waals surface area contributed by atoms with Crippen LogP contribution in [0, 0.1) is 18.3 Å². The van der Waals surface area contributed by atoms with Crippen LogP contribution in [0.2, 0.25) is 5.02 Å². The first-order chi connectivity index (χ1) is 15.8. The third kappa shape index (κ3) is 5.07. The topological polar surface area (TPSA) is 104 Å². The van der Waals surface area contributed by atoms with Gasteiger partial charge in [-0.2, -0.15) is 5.26 Å². The second kappa shape index (κ2) is 10.3. The number of nitriles is 1. The minimum Gasteiger partial charge on any atom is -0.496 e. The van der Waals surface area contributed by atoms with E-state index < -0.39 is 11.9 Å². The SMILES string of the molecule is CCOC(=O)C1=C(C)OC(N)=C(C#N)C1c1ccc(OC)c(COc2ccc(Cl)cc2C)c1. The van der Waals surface area contributed by atoms with Gasteiger partial charge < -0.3 is 24.7 Å². The lowest BCUT2D eigenvalue weighted by atomic mass is 9.82. The van der Waals surface area contributed by atoms with Crippen molar-refractivity contribution >= 4 is 17.6 Å². The Hall–Kier alpha value is -3.63.